The lowest BCUT2D eigenvalue weighted by Gasteiger charge is -2.25. The summed E-state index contributed by atoms with van der Waals surface area (Å²) < 4.78 is 1.68. The molecule has 2 aromatic rings. The zero-order chi connectivity index (χ0) is 17.6. The van der Waals surface area contributed by atoms with Gasteiger partial charge < -0.3 is 15.7 Å². The van der Waals surface area contributed by atoms with Crippen molar-refractivity contribution in [2.75, 3.05) is 6.61 Å². The number of rotatable bonds is 7. The summed E-state index contributed by atoms with van der Waals surface area (Å²) >= 11 is 0. The number of nitrogens with zero attached hydrogens (tertiary/aromatic N) is 3. The fourth-order valence-corrected chi connectivity index (χ4v) is 2.33. The van der Waals surface area contributed by atoms with Crippen LogP contribution in [0.3, 0.4) is 0 Å². The van der Waals surface area contributed by atoms with Gasteiger partial charge in [0.05, 0.1) is 17.4 Å². The van der Waals surface area contributed by atoms with Crippen molar-refractivity contribution < 1.29 is 9.90 Å². The van der Waals surface area contributed by atoms with Crippen molar-refractivity contribution in [2.24, 2.45) is 0 Å². The normalized spacial score (nSPS) is 12.7. The molecule has 0 spiro atoms. The van der Waals surface area contributed by atoms with Gasteiger partial charge in [0.1, 0.15) is 5.69 Å². The van der Waals surface area contributed by atoms with Crippen molar-refractivity contribution in [1.29, 1.82) is 0 Å². The van der Waals surface area contributed by atoms with E-state index in [1.165, 1.54) is 0 Å². The topological polar surface area (TPSA) is 92.1 Å². The van der Waals surface area contributed by atoms with E-state index in [9.17, 15) is 4.79 Å². The van der Waals surface area contributed by atoms with Crippen LogP contribution >= 0.6 is 0 Å². The number of nitrogens with one attached hydrogen (secondary N) is 2. The number of urea groups is 1. The van der Waals surface area contributed by atoms with Gasteiger partial charge in [-0.3, -0.25) is 0 Å². The number of amides is 2. The molecule has 1 aromatic carbocycles. The van der Waals surface area contributed by atoms with E-state index in [2.05, 4.69) is 20.9 Å². The van der Waals surface area contributed by atoms with E-state index in [-0.39, 0.29) is 18.7 Å². The van der Waals surface area contributed by atoms with Crippen LogP contribution in [0.15, 0.2) is 36.5 Å². The molecule has 1 heterocycles. The maximum Gasteiger partial charge on any atom is 0.315 e. The Hall–Kier alpha value is -2.41. The smallest absolute Gasteiger partial charge is 0.315 e. The first-order valence-corrected chi connectivity index (χ1v) is 8.10. The highest BCUT2D eigenvalue weighted by atomic mass is 16.3. The van der Waals surface area contributed by atoms with Crippen molar-refractivity contribution >= 4 is 6.03 Å². The number of carbonyl (C=O) groups is 1. The third-order valence-electron chi connectivity index (χ3n) is 3.75. The summed E-state index contributed by atoms with van der Waals surface area (Å²) in [6.07, 6.45) is 3.20. The summed E-state index contributed by atoms with van der Waals surface area (Å²) in [5.74, 6) is 0. The predicted molar refractivity (Wildman–Crippen MR) is 91.8 cm³/mol. The van der Waals surface area contributed by atoms with Crippen molar-refractivity contribution in [2.45, 2.75) is 45.2 Å². The molecule has 0 bridgehead atoms. The fourth-order valence-electron chi connectivity index (χ4n) is 2.33. The summed E-state index contributed by atoms with van der Waals surface area (Å²) in [5.41, 5.74) is 0.923. The molecule has 0 aliphatic rings. The largest absolute Gasteiger partial charge is 0.396 e. The summed E-state index contributed by atoms with van der Waals surface area (Å²) in [6, 6.07) is 9.41. The van der Waals surface area contributed by atoms with Gasteiger partial charge in [-0.1, -0.05) is 23.4 Å². The van der Waals surface area contributed by atoms with Crippen LogP contribution in [0.4, 0.5) is 4.79 Å². The Kier molecular flexibility index (Phi) is 5.92. The number of carbonyl (C=O) groups excluding carboxylic acids is 1. The van der Waals surface area contributed by atoms with Crippen LogP contribution in [0.2, 0.25) is 0 Å². The molecule has 2 amide bonds. The van der Waals surface area contributed by atoms with Crippen LogP contribution in [0.5, 0.6) is 0 Å². The summed E-state index contributed by atoms with van der Waals surface area (Å²) in [6.45, 7) is 5.80. The maximum atomic E-state index is 12.1. The van der Waals surface area contributed by atoms with Crippen molar-refractivity contribution in [3.8, 4) is 5.69 Å². The second-order valence-corrected chi connectivity index (χ2v) is 6.37. The number of benzene rings is 1. The number of aromatic nitrogens is 3. The quantitative estimate of drug-likeness (QED) is 0.723. The minimum Gasteiger partial charge on any atom is -0.396 e. The molecule has 7 nitrogen and oxygen atoms in total. The first kappa shape index (κ1) is 17.9. The van der Waals surface area contributed by atoms with Gasteiger partial charge in [-0.2, -0.15) is 0 Å². The van der Waals surface area contributed by atoms with Gasteiger partial charge in [-0.05, 0) is 45.7 Å². The lowest BCUT2D eigenvalue weighted by Crippen LogP contribution is -2.49. The van der Waals surface area contributed by atoms with Crippen LogP contribution in [-0.2, 0) is 5.54 Å². The molecular formula is C17H25N5O2. The van der Waals surface area contributed by atoms with Gasteiger partial charge >= 0.3 is 6.03 Å². The molecule has 0 aliphatic heterocycles. The molecule has 24 heavy (non-hydrogen) atoms. The Balaban J connectivity index is 2.00. The number of hydrogen-bond acceptors (Lipinski definition) is 4. The summed E-state index contributed by atoms with van der Waals surface area (Å²) in [7, 11) is 0. The molecule has 0 radical (unpaired) electrons. The lowest BCUT2D eigenvalue weighted by atomic mass is 10.0. The highest BCUT2D eigenvalue weighted by Gasteiger charge is 2.27. The van der Waals surface area contributed by atoms with Crippen LogP contribution in [0, 0.1) is 0 Å². The first-order valence-electron chi connectivity index (χ1n) is 8.10. The van der Waals surface area contributed by atoms with E-state index in [1.54, 1.807) is 4.68 Å². The minimum absolute atomic E-state index is 0.00653. The third-order valence-corrected chi connectivity index (χ3v) is 3.75. The monoisotopic (exact) mass is 331 g/mol. The molecule has 1 atom stereocenters. The van der Waals surface area contributed by atoms with E-state index in [0.717, 1.165) is 12.1 Å². The molecular weight excluding hydrogens is 306 g/mol. The van der Waals surface area contributed by atoms with Crippen molar-refractivity contribution in [3.05, 3.63) is 42.2 Å². The van der Waals surface area contributed by atoms with Crippen LogP contribution in [0.1, 0.15) is 39.3 Å². The second-order valence-electron chi connectivity index (χ2n) is 6.37. The number of para-hydroxylation sites is 1. The highest BCUT2D eigenvalue weighted by Crippen LogP contribution is 2.18. The maximum absolute atomic E-state index is 12.1. The average Bonchev–Trinajstić information content (AvgIpc) is 3.04. The molecule has 2 rings (SSSR count). The molecule has 0 fully saturated rings. The van der Waals surface area contributed by atoms with Gasteiger partial charge in [0.15, 0.2) is 0 Å². The molecule has 1 aromatic heterocycles. The van der Waals surface area contributed by atoms with Gasteiger partial charge in [0, 0.05) is 12.6 Å². The SMILES string of the molecule is CC(CCCO)NC(=O)NC(C)(C)c1cn(-c2ccccc2)nn1. The Morgan fingerprint density at radius 3 is 2.71 bits per heavy atom. The first-order chi connectivity index (χ1) is 11.4. The Bertz CT molecular complexity index is 654. The highest BCUT2D eigenvalue weighted by molar-refractivity contribution is 5.75. The Morgan fingerprint density at radius 2 is 2.04 bits per heavy atom. The molecule has 0 saturated carbocycles. The molecule has 0 aliphatic carbocycles. The van der Waals surface area contributed by atoms with E-state index in [0.29, 0.717) is 12.1 Å². The van der Waals surface area contributed by atoms with E-state index >= 15 is 0 Å². The fraction of sp³-hybridized carbons (Fsp3) is 0.471. The number of aliphatic hydroxyl groups is 1. The van der Waals surface area contributed by atoms with E-state index < -0.39 is 5.54 Å². The van der Waals surface area contributed by atoms with Crippen molar-refractivity contribution in [3.63, 3.8) is 0 Å². The molecule has 130 valence electrons. The van der Waals surface area contributed by atoms with Gasteiger partial charge in [-0.25, -0.2) is 9.48 Å². The molecule has 0 saturated heterocycles. The van der Waals surface area contributed by atoms with Crippen LogP contribution in [-0.4, -0.2) is 38.8 Å². The average molecular weight is 331 g/mol. The number of hydrogen-bond donors (Lipinski definition) is 3. The van der Waals surface area contributed by atoms with Crippen molar-refractivity contribution in [1.82, 2.24) is 25.6 Å². The van der Waals surface area contributed by atoms with Gasteiger partial charge in [0.2, 0.25) is 0 Å². The Morgan fingerprint density at radius 1 is 1.33 bits per heavy atom. The lowest BCUT2D eigenvalue weighted by molar-refractivity contribution is 0.223. The summed E-state index contributed by atoms with van der Waals surface area (Å²) in [5, 5.41) is 22.9. The van der Waals surface area contributed by atoms with Gasteiger partial charge in [0.25, 0.3) is 0 Å². The minimum atomic E-state index is -0.659. The zero-order valence-electron chi connectivity index (χ0n) is 14.4. The summed E-state index contributed by atoms with van der Waals surface area (Å²) in [4.78, 5) is 12.1. The van der Waals surface area contributed by atoms with E-state index in [1.807, 2.05) is 57.3 Å². The Labute approximate surface area is 142 Å². The molecule has 3 N–H and O–H groups in total. The second kappa shape index (κ2) is 7.92. The standard InChI is InChI=1S/C17H25N5O2/c1-13(8-7-11-23)18-16(24)19-17(2,3)15-12-22(21-20-15)14-9-5-4-6-10-14/h4-6,9-10,12-13,23H,7-8,11H2,1-3H3,(H2,18,19,24). The van der Waals surface area contributed by atoms with Gasteiger partial charge in [-0.15, -0.1) is 5.10 Å². The van der Waals surface area contributed by atoms with Crippen LogP contribution < -0.4 is 10.6 Å². The predicted octanol–water partition coefficient (Wildman–Crippen LogP) is 1.96. The zero-order valence-corrected chi connectivity index (χ0v) is 14.4. The number of aliphatic hydroxyl groups excluding tert-OH is 1. The molecule has 7 heteroatoms. The third kappa shape index (κ3) is 4.79. The van der Waals surface area contributed by atoms with E-state index in [4.69, 9.17) is 5.11 Å². The van der Waals surface area contributed by atoms with Crippen LogP contribution in [0.25, 0.3) is 5.69 Å². The molecule has 1 unspecified atom stereocenters.